The maximum atomic E-state index is 13.7. The lowest BCUT2D eigenvalue weighted by Crippen LogP contribution is -2.17. The second-order valence-corrected chi connectivity index (χ2v) is 5.88. The molecule has 0 bridgehead atoms. The summed E-state index contributed by atoms with van der Waals surface area (Å²) in [7, 11) is 2.98. The quantitative estimate of drug-likeness (QED) is 0.664. The van der Waals surface area contributed by atoms with Gasteiger partial charge in [-0.15, -0.1) is 0 Å². The van der Waals surface area contributed by atoms with E-state index in [1.54, 1.807) is 24.3 Å². The normalized spacial score (nSPS) is 10.2. The molecule has 0 atom stereocenters. The molecule has 1 aromatic heterocycles. The highest BCUT2D eigenvalue weighted by molar-refractivity contribution is 6.08. The number of hydrogen-bond donors (Lipinski definition) is 2. The number of carbonyl (C=O) groups is 2. The minimum atomic E-state index is -0.564. The molecule has 29 heavy (non-hydrogen) atoms. The van der Waals surface area contributed by atoms with Crippen LogP contribution in [0.3, 0.4) is 0 Å². The van der Waals surface area contributed by atoms with Crippen molar-refractivity contribution in [1.29, 1.82) is 0 Å². The van der Waals surface area contributed by atoms with Gasteiger partial charge in [0.2, 0.25) is 0 Å². The van der Waals surface area contributed by atoms with Gasteiger partial charge in [0.1, 0.15) is 23.0 Å². The minimum absolute atomic E-state index is 0.0102. The third kappa shape index (κ3) is 4.67. The van der Waals surface area contributed by atoms with Crippen LogP contribution in [0.1, 0.15) is 20.8 Å². The Bertz CT molecular complexity index is 1060. The molecule has 0 saturated heterocycles. The number of aromatic nitrogens is 1. The van der Waals surface area contributed by atoms with E-state index in [0.717, 1.165) is 0 Å². The molecule has 2 amide bonds. The van der Waals surface area contributed by atoms with Crippen molar-refractivity contribution in [3.63, 3.8) is 0 Å². The lowest BCUT2D eigenvalue weighted by atomic mass is 10.2. The van der Waals surface area contributed by atoms with E-state index in [4.69, 9.17) is 9.47 Å². The van der Waals surface area contributed by atoms with Crippen molar-refractivity contribution in [3.8, 4) is 11.5 Å². The molecule has 0 unspecified atom stereocenters. The van der Waals surface area contributed by atoms with Crippen LogP contribution in [-0.2, 0) is 0 Å². The number of nitrogens with zero attached hydrogens (tertiary/aromatic N) is 1. The molecule has 0 aliphatic heterocycles. The summed E-state index contributed by atoms with van der Waals surface area (Å²) >= 11 is 0. The standard InChI is InChI=1S/C21H18FN3O4/c1-28-14-7-8-19(29-2)17(12-14)25-21(27)18-11-13(9-10-23-18)20(26)24-16-6-4-3-5-15(16)22/h3-12H,1-2H3,(H,24,26)(H,25,27). The molecule has 3 aromatic rings. The molecular formula is C21H18FN3O4. The van der Waals surface area contributed by atoms with Crippen LogP contribution in [0.15, 0.2) is 60.8 Å². The van der Waals surface area contributed by atoms with Crippen molar-refractivity contribution in [2.24, 2.45) is 0 Å². The Hall–Kier alpha value is -3.94. The van der Waals surface area contributed by atoms with E-state index in [2.05, 4.69) is 15.6 Å². The number of hydrogen-bond acceptors (Lipinski definition) is 5. The molecule has 0 aliphatic carbocycles. The molecule has 2 aromatic carbocycles. The van der Waals surface area contributed by atoms with Crippen LogP contribution in [0.25, 0.3) is 0 Å². The molecule has 8 heteroatoms. The number of rotatable bonds is 6. The van der Waals surface area contributed by atoms with Crippen molar-refractivity contribution >= 4 is 23.2 Å². The molecular weight excluding hydrogens is 377 g/mol. The summed E-state index contributed by atoms with van der Waals surface area (Å²) in [5, 5.41) is 5.14. The van der Waals surface area contributed by atoms with Gasteiger partial charge in [-0.1, -0.05) is 12.1 Å². The summed E-state index contributed by atoms with van der Waals surface area (Å²) in [5.41, 5.74) is 0.600. The zero-order valence-electron chi connectivity index (χ0n) is 15.7. The summed E-state index contributed by atoms with van der Waals surface area (Å²) in [6.07, 6.45) is 1.33. The Balaban J connectivity index is 1.79. The zero-order chi connectivity index (χ0) is 20.8. The molecule has 2 N–H and O–H groups in total. The first-order chi connectivity index (χ1) is 14.0. The number of ether oxygens (including phenoxy) is 2. The Morgan fingerprint density at radius 1 is 0.897 bits per heavy atom. The topological polar surface area (TPSA) is 89.5 Å². The molecule has 3 rings (SSSR count). The van der Waals surface area contributed by atoms with E-state index >= 15 is 0 Å². The van der Waals surface area contributed by atoms with E-state index in [1.807, 2.05) is 0 Å². The van der Waals surface area contributed by atoms with Crippen LogP contribution in [-0.4, -0.2) is 31.0 Å². The number of carbonyl (C=O) groups excluding carboxylic acids is 2. The summed E-state index contributed by atoms with van der Waals surface area (Å²) in [6, 6.07) is 13.5. The summed E-state index contributed by atoms with van der Waals surface area (Å²) in [6.45, 7) is 0. The predicted molar refractivity (Wildman–Crippen MR) is 106 cm³/mol. The number of methoxy groups -OCH3 is 2. The third-order valence-corrected chi connectivity index (χ3v) is 4.03. The predicted octanol–water partition coefficient (Wildman–Crippen LogP) is 3.74. The lowest BCUT2D eigenvalue weighted by Gasteiger charge is -2.12. The Morgan fingerprint density at radius 2 is 1.66 bits per heavy atom. The minimum Gasteiger partial charge on any atom is -0.497 e. The van der Waals surface area contributed by atoms with Gasteiger partial charge in [0, 0.05) is 17.8 Å². The summed E-state index contributed by atoms with van der Waals surface area (Å²) in [5.74, 6) is -0.694. The fourth-order valence-corrected chi connectivity index (χ4v) is 2.55. The Labute approximate surface area is 166 Å². The van der Waals surface area contributed by atoms with Crippen molar-refractivity contribution in [2.75, 3.05) is 24.9 Å². The van der Waals surface area contributed by atoms with Gasteiger partial charge >= 0.3 is 0 Å². The highest BCUT2D eigenvalue weighted by Crippen LogP contribution is 2.29. The molecule has 0 radical (unpaired) electrons. The van der Waals surface area contributed by atoms with E-state index in [-0.39, 0.29) is 16.9 Å². The van der Waals surface area contributed by atoms with Crippen LogP contribution in [0.2, 0.25) is 0 Å². The molecule has 0 spiro atoms. The molecule has 7 nitrogen and oxygen atoms in total. The van der Waals surface area contributed by atoms with Crippen LogP contribution < -0.4 is 20.1 Å². The van der Waals surface area contributed by atoms with Gasteiger partial charge in [0.25, 0.3) is 11.8 Å². The second-order valence-electron chi connectivity index (χ2n) is 5.88. The van der Waals surface area contributed by atoms with Crippen molar-refractivity contribution in [3.05, 3.63) is 77.9 Å². The highest BCUT2D eigenvalue weighted by Gasteiger charge is 2.15. The van der Waals surface area contributed by atoms with Gasteiger partial charge in [0.05, 0.1) is 25.6 Å². The van der Waals surface area contributed by atoms with Gasteiger partial charge < -0.3 is 20.1 Å². The maximum absolute atomic E-state index is 13.7. The van der Waals surface area contributed by atoms with E-state index in [0.29, 0.717) is 17.2 Å². The number of anilines is 2. The number of nitrogens with one attached hydrogen (secondary N) is 2. The smallest absolute Gasteiger partial charge is 0.274 e. The van der Waals surface area contributed by atoms with Gasteiger partial charge in [0.15, 0.2) is 0 Å². The van der Waals surface area contributed by atoms with E-state index in [9.17, 15) is 14.0 Å². The summed E-state index contributed by atoms with van der Waals surface area (Å²) in [4.78, 5) is 29.0. The Kier molecular flexibility index (Phi) is 6.03. The van der Waals surface area contributed by atoms with Crippen LogP contribution in [0, 0.1) is 5.82 Å². The van der Waals surface area contributed by atoms with E-state index < -0.39 is 17.6 Å². The van der Waals surface area contributed by atoms with Crippen LogP contribution >= 0.6 is 0 Å². The third-order valence-electron chi connectivity index (χ3n) is 4.03. The lowest BCUT2D eigenvalue weighted by molar-refractivity contribution is 0.102. The van der Waals surface area contributed by atoms with Gasteiger partial charge in [-0.25, -0.2) is 4.39 Å². The largest absolute Gasteiger partial charge is 0.497 e. The van der Waals surface area contributed by atoms with Crippen LogP contribution in [0.4, 0.5) is 15.8 Å². The SMILES string of the molecule is COc1ccc(OC)c(NC(=O)c2cc(C(=O)Nc3ccccc3F)ccn2)c1. The molecule has 0 aliphatic rings. The first kappa shape index (κ1) is 19.8. The van der Waals surface area contributed by atoms with Crippen molar-refractivity contribution in [1.82, 2.24) is 4.98 Å². The molecule has 148 valence electrons. The van der Waals surface area contributed by atoms with Crippen molar-refractivity contribution in [2.45, 2.75) is 0 Å². The number of para-hydroxylation sites is 1. The molecule has 0 saturated carbocycles. The number of amides is 2. The zero-order valence-corrected chi connectivity index (χ0v) is 15.7. The van der Waals surface area contributed by atoms with Gasteiger partial charge in [-0.2, -0.15) is 0 Å². The molecule has 0 fully saturated rings. The Morgan fingerprint density at radius 3 is 2.38 bits per heavy atom. The summed E-state index contributed by atoms with van der Waals surface area (Å²) < 4.78 is 24.1. The average Bonchev–Trinajstić information content (AvgIpc) is 2.75. The highest BCUT2D eigenvalue weighted by atomic mass is 19.1. The van der Waals surface area contributed by atoms with Gasteiger partial charge in [-0.05, 0) is 36.4 Å². The fourth-order valence-electron chi connectivity index (χ4n) is 2.55. The average molecular weight is 395 g/mol. The first-order valence-electron chi connectivity index (χ1n) is 8.57. The molecule has 1 heterocycles. The first-order valence-corrected chi connectivity index (χ1v) is 8.57. The second kappa shape index (κ2) is 8.83. The van der Waals surface area contributed by atoms with Gasteiger partial charge in [-0.3, -0.25) is 14.6 Å². The maximum Gasteiger partial charge on any atom is 0.274 e. The monoisotopic (exact) mass is 395 g/mol. The fraction of sp³-hybridized carbons (Fsp3) is 0.0952. The number of pyridine rings is 1. The van der Waals surface area contributed by atoms with Crippen LogP contribution in [0.5, 0.6) is 11.5 Å². The number of benzene rings is 2. The van der Waals surface area contributed by atoms with E-state index in [1.165, 1.54) is 50.7 Å². The van der Waals surface area contributed by atoms with Crippen molar-refractivity contribution < 1.29 is 23.5 Å². The number of halogens is 1.